The number of nitrogens with zero attached hydrogens (tertiary/aromatic N) is 1. The number of hydrogen-bond donors (Lipinski definition) is 2. The van der Waals surface area contributed by atoms with Crippen LogP contribution in [0.25, 0.3) is 0 Å². The Morgan fingerprint density at radius 1 is 1.32 bits per heavy atom. The SMILES string of the molecule is C[C@@]1(C(=O)Nc2ccc(N3CCNC(=O)C3)cc2)CC1(Cl)Cl. The van der Waals surface area contributed by atoms with Crippen LogP contribution < -0.4 is 15.5 Å². The molecule has 1 heterocycles. The van der Waals surface area contributed by atoms with Crippen molar-refractivity contribution in [1.29, 1.82) is 0 Å². The number of carbonyl (C=O) groups is 2. The highest BCUT2D eigenvalue weighted by Gasteiger charge is 2.67. The molecule has 1 aliphatic heterocycles. The fourth-order valence-corrected chi connectivity index (χ4v) is 3.24. The van der Waals surface area contributed by atoms with E-state index in [2.05, 4.69) is 10.6 Å². The van der Waals surface area contributed by atoms with Crippen LogP contribution in [0.2, 0.25) is 0 Å². The topological polar surface area (TPSA) is 61.4 Å². The number of alkyl halides is 2. The van der Waals surface area contributed by atoms with E-state index in [-0.39, 0.29) is 11.8 Å². The van der Waals surface area contributed by atoms with E-state index in [1.54, 1.807) is 6.92 Å². The number of halogens is 2. The van der Waals surface area contributed by atoms with Gasteiger partial charge in [-0.15, -0.1) is 23.2 Å². The molecule has 0 bridgehead atoms. The molecule has 1 aliphatic carbocycles. The van der Waals surface area contributed by atoms with Crippen LogP contribution in [-0.2, 0) is 9.59 Å². The third-order valence-electron chi connectivity index (χ3n) is 4.29. The molecule has 2 fully saturated rings. The number of amides is 2. The zero-order chi connectivity index (χ0) is 16.0. The number of nitrogens with one attached hydrogen (secondary N) is 2. The molecule has 2 aliphatic rings. The number of piperazine rings is 1. The normalized spacial score (nSPS) is 26.3. The van der Waals surface area contributed by atoms with Gasteiger partial charge in [-0.25, -0.2) is 0 Å². The zero-order valence-corrected chi connectivity index (χ0v) is 13.7. The Kier molecular flexibility index (Phi) is 3.73. The van der Waals surface area contributed by atoms with Crippen LogP contribution in [0.3, 0.4) is 0 Å². The Hall–Kier alpha value is -1.46. The summed E-state index contributed by atoms with van der Waals surface area (Å²) in [6, 6.07) is 7.40. The lowest BCUT2D eigenvalue weighted by molar-refractivity contribution is -0.121. The van der Waals surface area contributed by atoms with Gasteiger partial charge in [0.2, 0.25) is 11.8 Å². The molecule has 1 saturated carbocycles. The van der Waals surface area contributed by atoms with E-state index in [0.29, 0.717) is 25.2 Å². The predicted molar refractivity (Wildman–Crippen MR) is 87.5 cm³/mol. The molecule has 5 nitrogen and oxygen atoms in total. The van der Waals surface area contributed by atoms with Crippen molar-refractivity contribution in [3.63, 3.8) is 0 Å². The van der Waals surface area contributed by atoms with Gasteiger partial charge in [0.25, 0.3) is 0 Å². The molecule has 1 saturated heterocycles. The number of hydrogen-bond acceptors (Lipinski definition) is 3. The van der Waals surface area contributed by atoms with Crippen LogP contribution in [0.15, 0.2) is 24.3 Å². The van der Waals surface area contributed by atoms with Gasteiger partial charge >= 0.3 is 0 Å². The van der Waals surface area contributed by atoms with Gasteiger partial charge in [-0.3, -0.25) is 9.59 Å². The minimum atomic E-state index is -0.974. The average Bonchev–Trinajstić information content (AvgIpc) is 3.00. The molecule has 2 N–H and O–H groups in total. The second-order valence-corrected chi connectivity index (χ2v) is 7.47. The van der Waals surface area contributed by atoms with Crippen LogP contribution in [0.4, 0.5) is 11.4 Å². The first-order chi connectivity index (χ1) is 10.3. The first-order valence-corrected chi connectivity index (χ1v) is 7.88. The Morgan fingerprint density at radius 2 is 1.95 bits per heavy atom. The summed E-state index contributed by atoms with van der Waals surface area (Å²) in [5.41, 5.74) is 0.904. The van der Waals surface area contributed by atoms with Crippen LogP contribution in [0, 0.1) is 5.41 Å². The molecule has 7 heteroatoms. The molecular weight excluding hydrogens is 325 g/mol. The van der Waals surface area contributed by atoms with Gasteiger partial charge < -0.3 is 15.5 Å². The van der Waals surface area contributed by atoms with Crippen LogP contribution in [0.1, 0.15) is 13.3 Å². The molecule has 3 rings (SSSR count). The lowest BCUT2D eigenvalue weighted by Gasteiger charge is -2.28. The Balaban J connectivity index is 1.65. The smallest absolute Gasteiger partial charge is 0.239 e. The van der Waals surface area contributed by atoms with E-state index >= 15 is 0 Å². The maximum Gasteiger partial charge on any atom is 0.239 e. The van der Waals surface area contributed by atoms with Crippen molar-refractivity contribution in [2.24, 2.45) is 5.41 Å². The average molecular weight is 342 g/mol. The summed E-state index contributed by atoms with van der Waals surface area (Å²) in [5, 5.41) is 5.62. The number of rotatable bonds is 3. The molecule has 22 heavy (non-hydrogen) atoms. The molecule has 118 valence electrons. The van der Waals surface area contributed by atoms with Gasteiger partial charge in [-0.05, 0) is 37.6 Å². The van der Waals surface area contributed by atoms with Gasteiger partial charge in [-0.1, -0.05) is 0 Å². The van der Waals surface area contributed by atoms with Gasteiger partial charge in [0.05, 0.1) is 12.0 Å². The lowest BCUT2D eigenvalue weighted by Crippen LogP contribution is -2.47. The monoisotopic (exact) mass is 341 g/mol. The van der Waals surface area contributed by atoms with Gasteiger partial charge in [0, 0.05) is 24.5 Å². The van der Waals surface area contributed by atoms with E-state index in [9.17, 15) is 9.59 Å². The Bertz CT molecular complexity index is 618. The van der Waals surface area contributed by atoms with E-state index in [0.717, 1.165) is 12.2 Å². The van der Waals surface area contributed by atoms with E-state index in [4.69, 9.17) is 23.2 Å². The highest BCUT2D eigenvalue weighted by atomic mass is 35.5. The number of carbonyl (C=O) groups excluding carboxylic acids is 2. The highest BCUT2D eigenvalue weighted by molar-refractivity contribution is 6.53. The van der Waals surface area contributed by atoms with Crippen LogP contribution in [-0.4, -0.2) is 35.8 Å². The third-order valence-corrected chi connectivity index (χ3v) is 5.39. The first-order valence-electron chi connectivity index (χ1n) is 7.13. The summed E-state index contributed by atoms with van der Waals surface area (Å²) in [6.45, 7) is 3.52. The summed E-state index contributed by atoms with van der Waals surface area (Å²) in [4.78, 5) is 25.6. The molecule has 1 aromatic carbocycles. The number of anilines is 2. The zero-order valence-electron chi connectivity index (χ0n) is 12.2. The largest absolute Gasteiger partial charge is 0.360 e. The fourth-order valence-electron chi connectivity index (χ4n) is 2.53. The minimum Gasteiger partial charge on any atom is -0.360 e. The van der Waals surface area contributed by atoms with Crippen LogP contribution in [0.5, 0.6) is 0 Å². The Morgan fingerprint density at radius 3 is 2.50 bits per heavy atom. The molecule has 0 unspecified atom stereocenters. The molecule has 0 aromatic heterocycles. The fraction of sp³-hybridized carbons (Fsp3) is 0.467. The van der Waals surface area contributed by atoms with Gasteiger partial charge in [0.15, 0.2) is 0 Å². The summed E-state index contributed by atoms with van der Waals surface area (Å²) >= 11 is 12.0. The van der Waals surface area contributed by atoms with E-state index < -0.39 is 9.75 Å². The van der Waals surface area contributed by atoms with Crippen molar-refractivity contribution in [3.05, 3.63) is 24.3 Å². The summed E-state index contributed by atoms with van der Waals surface area (Å²) in [7, 11) is 0. The predicted octanol–water partition coefficient (Wildman–Crippen LogP) is 2.15. The second kappa shape index (κ2) is 5.32. The Labute approximate surface area is 138 Å². The quantitative estimate of drug-likeness (QED) is 0.828. The lowest BCUT2D eigenvalue weighted by atomic mass is 10.1. The van der Waals surface area contributed by atoms with Crippen molar-refractivity contribution >= 4 is 46.4 Å². The summed E-state index contributed by atoms with van der Waals surface area (Å²) in [5.74, 6) is -0.159. The molecular formula is C15H17Cl2N3O2. The van der Waals surface area contributed by atoms with Crippen molar-refractivity contribution in [1.82, 2.24) is 5.32 Å². The van der Waals surface area contributed by atoms with Crippen molar-refractivity contribution in [3.8, 4) is 0 Å². The van der Waals surface area contributed by atoms with Crippen LogP contribution >= 0.6 is 23.2 Å². The minimum absolute atomic E-state index is 0.0193. The maximum absolute atomic E-state index is 12.2. The van der Waals surface area contributed by atoms with Gasteiger partial charge in [0.1, 0.15) is 4.33 Å². The summed E-state index contributed by atoms with van der Waals surface area (Å²) in [6.07, 6.45) is 0.454. The van der Waals surface area contributed by atoms with Crippen molar-refractivity contribution < 1.29 is 9.59 Å². The maximum atomic E-state index is 12.2. The first kappa shape index (κ1) is 15.4. The van der Waals surface area contributed by atoms with Crippen molar-refractivity contribution in [2.45, 2.75) is 17.7 Å². The van der Waals surface area contributed by atoms with E-state index in [1.807, 2.05) is 29.2 Å². The molecule has 0 spiro atoms. The molecule has 1 atom stereocenters. The van der Waals surface area contributed by atoms with E-state index in [1.165, 1.54) is 0 Å². The standard InChI is InChI=1S/C15H17Cl2N3O2/c1-14(9-15(14,16)17)13(22)19-10-2-4-11(5-3-10)20-7-6-18-12(21)8-20/h2-5H,6-9H2,1H3,(H,18,21)(H,19,22)/t14-/m0/s1. The molecule has 2 amide bonds. The van der Waals surface area contributed by atoms with Gasteiger partial charge in [-0.2, -0.15) is 0 Å². The highest BCUT2D eigenvalue weighted by Crippen LogP contribution is 2.64. The third kappa shape index (κ3) is 2.75. The number of benzene rings is 1. The van der Waals surface area contributed by atoms with Crippen molar-refractivity contribution in [2.75, 3.05) is 29.9 Å². The molecule has 0 radical (unpaired) electrons. The summed E-state index contributed by atoms with van der Waals surface area (Å²) < 4.78 is -0.974. The molecule has 1 aromatic rings. The second-order valence-electron chi connectivity index (χ2n) is 5.99.